The Labute approximate surface area is 98.4 Å². The number of hydrogen-bond donors (Lipinski definition) is 0. The molecular weight excluding hydrogens is 197 g/mol. The maximum atomic E-state index is 3.88. The zero-order valence-corrected chi connectivity index (χ0v) is 9.93. The van der Waals surface area contributed by atoms with Crippen LogP contribution in [0.25, 0.3) is 23.1 Å². The average Bonchev–Trinajstić information content (AvgIpc) is 2.54. The van der Waals surface area contributed by atoms with Crippen molar-refractivity contribution in [1.29, 1.82) is 0 Å². The third-order valence-electron chi connectivity index (χ3n) is 2.52. The molecule has 0 unspecified atom stereocenters. The van der Waals surface area contributed by atoms with Gasteiger partial charge in [-0.2, -0.15) is 0 Å². The first-order valence-corrected chi connectivity index (χ1v) is 5.45. The van der Waals surface area contributed by atoms with E-state index in [1.807, 2.05) is 19.1 Å². The van der Waals surface area contributed by atoms with E-state index in [9.17, 15) is 0 Å². The molecule has 2 aromatic rings. The van der Waals surface area contributed by atoms with Crippen molar-refractivity contribution in [2.45, 2.75) is 6.92 Å². The van der Waals surface area contributed by atoms with Gasteiger partial charge in [0.2, 0.25) is 0 Å². The van der Waals surface area contributed by atoms with Crippen LogP contribution in [0.2, 0.25) is 0 Å². The number of para-hydroxylation sites is 1. The van der Waals surface area contributed by atoms with Crippen LogP contribution >= 0.6 is 0 Å². The number of benzene rings is 1. The summed E-state index contributed by atoms with van der Waals surface area (Å²) in [5, 5.41) is 1.25. The SMILES string of the molecule is C=Cc1c(/C=C\C)[n]([Al])c2ccccc12. The molecule has 72 valence electrons. The van der Waals surface area contributed by atoms with Crippen LogP contribution in [0.4, 0.5) is 0 Å². The molecule has 1 aromatic carbocycles. The summed E-state index contributed by atoms with van der Waals surface area (Å²) in [5.41, 5.74) is 3.59. The molecule has 0 spiro atoms. The van der Waals surface area contributed by atoms with Crippen molar-refractivity contribution >= 4 is 39.6 Å². The fourth-order valence-corrected chi connectivity index (χ4v) is 2.30. The minimum atomic E-state index is 1.18. The van der Waals surface area contributed by atoms with Crippen molar-refractivity contribution in [2.24, 2.45) is 0 Å². The molecule has 1 nitrogen and oxygen atoms in total. The van der Waals surface area contributed by atoms with E-state index in [0.29, 0.717) is 0 Å². The molecule has 1 heterocycles. The molecule has 2 radical (unpaired) electrons. The quantitative estimate of drug-likeness (QED) is 0.669. The molecule has 0 aliphatic carbocycles. The lowest BCUT2D eigenvalue weighted by atomic mass is 10.1. The van der Waals surface area contributed by atoms with Crippen molar-refractivity contribution < 1.29 is 0 Å². The molecule has 0 bridgehead atoms. The summed E-state index contributed by atoms with van der Waals surface area (Å²) in [7, 11) is 0. The van der Waals surface area contributed by atoms with Crippen molar-refractivity contribution in [2.75, 3.05) is 0 Å². The van der Waals surface area contributed by atoms with Gasteiger partial charge in [-0.25, -0.2) is 0 Å². The summed E-state index contributed by atoms with van der Waals surface area (Å²) in [6.07, 6.45) is 6.06. The van der Waals surface area contributed by atoms with Crippen molar-refractivity contribution in [3.8, 4) is 0 Å². The standard InChI is InChI=1S/C13H12N.Al/c1-3-7-12-10(4-2)11-8-5-6-9-13(11)14-12;/h3-9H,2H2,1H3;/q-1;+1/b7-3-;. The Hall–Kier alpha value is -1.23. The predicted octanol–water partition coefficient (Wildman–Crippen LogP) is 3.25. The predicted molar refractivity (Wildman–Crippen MR) is 67.9 cm³/mol. The highest BCUT2D eigenvalue weighted by Crippen LogP contribution is 2.26. The molecule has 0 saturated carbocycles. The van der Waals surface area contributed by atoms with Crippen molar-refractivity contribution in [3.63, 3.8) is 0 Å². The van der Waals surface area contributed by atoms with Crippen LogP contribution in [0.1, 0.15) is 18.2 Å². The lowest BCUT2D eigenvalue weighted by molar-refractivity contribution is 1.28. The van der Waals surface area contributed by atoms with Gasteiger partial charge in [0.1, 0.15) is 0 Å². The zero-order valence-electron chi connectivity index (χ0n) is 8.77. The van der Waals surface area contributed by atoms with Crippen LogP contribution in [0.3, 0.4) is 0 Å². The molecule has 0 N–H and O–H groups in total. The van der Waals surface area contributed by atoms with Crippen LogP contribution in [-0.4, -0.2) is 20.1 Å². The molecule has 2 heteroatoms. The zero-order chi connectivity index (χ0) is 10.8. The van der Waals surface area contributed by atoms with E-state index in [4.69, 9.17) is 0 Å². The average molecular weight is 209 g/mol. The normalized spacial score (nSPS) is 11.3. The maximum absolute atomic E-state index is 3.88. The highest BCUT2D eigenvalue weighted by Gasteiger charge is 2.07. The van der Waals surface area contributed by atoms with Gasteiger partial charge in [-0.05, 0) is 19.1 Å². The van der Waals surface area contributed by atoms with E-state index in [1.54, 1.807) is 0 Å². The van der Waals surface area contributed by atoms with Gasteiger partial charge in [0.25, 0.3) is 0 Å². The van der Waals surface area contributed by atoms with E-state index in [2.05, 4.69) is 57.0 Å². The van der Waals surface area contributed by atoms with Gasteiger partial charge < -0.3 is 3.55 Å². The summed E-state index contributed by atoms with van der Waals surface area (Å²) in [4.78, 5) is 0. The highest BCUT2D eigenvalue weighted by atomic mass is 27.1. The largest absolute Gasteiger partial charge is 0.452 e. The molecule has 0 aliphatic heterocycles. The summed E-state index contributed by atoms with van der Waals surface area (Å²) in [6, 6.07) is 8.34. The van der Waals surface area contributed by atoms with Gasteiger partial charge in [0.15, 0.2) is 0 Å². The number of allylic oxidation sites excluding steroid dienone is 1. The van der Waals surface area contributed by atoms with Gasteiger partial charge in [-0.15, -0.1) is 0 Å². The fourth-order valence-electron chi connectivity index (χ4n) is 1.85. The first-order chi connectivity index (χ1) is 7.29. The number of nitrogens with zero attached hydrogens (tertiary/aromatic N) is 1. The van der Waals surface area contributed by atoms with Crippen LogP contribution in [0.5, 0.6) is 0 Å². The topological polar surface area (TPSA) is 4.93 Å². The number of rotatable bonds is 2. The lowest BCUT2D eigenvalue weighted by Crippen LogP contribution is -1.93. The Balaban J connectivity index is 2.89. The molecule has 2 rings (SSSR count). The third kappa shape index (κ3) is 1.57. The van der Waals surface area contributed by atoms with Gasteiger partial charge in [-0.1, -0.05) is 36.9 Å². The van der Waals surface area contributed by atoms with E-state index in [1.165, 1.54) is 22.2 Å². The monoisotopic (exact) mass is 209 g/mol. The first kappa shape index (κ1) is 10.3. The van der Waals surface area contributed by atoms with Gasteiger partial charge in [-0.3, -0.25) is 0 Å². The second-order valence-corrected chi connectivity index (χ2v) is 3.91. The Bertz CT molecular complexity index is 535. The van der Waals surface area contributed by atoms with E-state index >= 15 is 0 Å². The highest BCUT2D eigenvalue weighted by molar-refractivity contribution is 6.14. The van der Waals surface area contributed by atoms with Gasteiger partial charge >= 0.3 is 16.5 Å². The van der Waals surface area contributed by atoms with E-state index < -0.39 is 0 Å². The molecule has 0 fully saturated rings. The smallest absolute Gasteiger partial charge is 0.318 e. The summed E-state index contributed by atoms with van der Waals surface area (Å²) < 4.78 is 2.12. The lowest BCUT2D eigenvalue weighted by Gasteiger charge is -2.01. The fraction of sp³-hybridized carbons (Fsp3) is 0.0769. The van der Waals surface area contributed by atoms with Crippen LogP contribution < -0.4 is 0 Å². The second-order valence-electron chi connectivity index (χ2n) is 3.39. The summed E-state index contributed by atoms with van der Waals surface area (Å²) in [6.45, 7) is 5.90. The van der Waals surface area contributed by atoms with Crippen LogP contribution in [-0.2, 0) is 0 Å². The molecule has 0 saturated heterocycles. The Morgan fingerprint density at radius 3 is 2.73 bits per heavy atom. The number of hydrogen-bond acceptors (Lipinski definition) is 0. The van der Waals surface area contributed by atoms with Crippen LogP contribution in [0, 0.1) is 0 Å². The summed E-state index contributed by atoms with van der Waals surface area (Å²) in [5.74, 6) is 0. The Morgan fingerprint density at radius 1 is 1.33 bits per heavy atom. The number of fused-ring (bicyclic) bond motifs is 1. The maximum Gasteiger partial charge on any atom is 0.318 e. The molecule has 15 heavy (non-hydrogen) atoms. The minimum absolute atomic E-state index is 1.18. The Morgan fingerprint density at radius 2 is 2.07 bits per heavy atom. The van der Waals surface area contributed by atoms with Gasteiger partial charge in [0.05, 0.1) is 0 Å². The molecule has 0 atom stereocenters. The van der Waals surface area contributed by atoms with Crippen molar-refractivity contribution in [3.05, 3.63) is 48.2 Å². The minimum Gasteiger partial charge on any atom is -0.452 e. The molecular formula is C13H12AlN. The van der Waals surface area contributed by atoms with E-state index in [0.717, 1.165) is 0 Å². The van der Waals surface area contributed by atoms with Crippen LogP contribution in [0.15, 0.2) is 36.9 Å². The van der Waals surface area contributed by atoms with Gasteiger partial charge in [0, 0.05) is 22.2 Å². The molecule has 0 aliphatic rings. The first-order valence-electron chi connectivity index (χ1n) is 4.93. The number of aromatic nitrogens is 1. The van der Waals surface area contributed by atoms with E-state index in [-0.39, 0.29) is 0 Å². The second kappa shape index (κ2) is 4.10. The molecule has 0 amide bonds. The van der Waals surface area contributed by atoms with Crippen molar-refractivity contribution in [1.82, 2.24) is 3.55 Å². The summed E-state index contributed by atoms with van der Waals surface area (Å²) >= 11 is 2.74. The third-order valence-corrected chi connectivity index (χ3v) is 3.07. The molecule has 1 aromatic heterocycles. The Kier molecular flexibility index (Phi) is 2.82.